The molecular formula is C23H23F2N3O. The molecule has 2 atom stereocenters. The molecule has 1 aromatic heterocycles. The van der Waals surface area contributed by atoms with E-state index in [0.29, 0.717) is 5.69 Å². The first-order chi connectivity index (χ1) is 14.0. The van der Waals surface area contributed by atoms with Crippen molar-refractivity contribution in [1.82, 2.24) is 9.55 Å². The summed E-state index contributed by atoms with van der Waals surface area (Å²) in [5.74, 6) is -0.227. The van der Waals surface area contributed by atoms with Gasteiger partial charge in [-0.15, -0.1) is 0 Å². The van der Waals surface area contributed by atoms with Gasteiger partial charge in [0.05, 0.1) is 0 Å². The van der Waals surface area contributed by atoms with E-state index >= 15 is 0 Å². The van der Waals surface area contributed by atoms with Crippen LogP contribution in [0, 0.1) is 11.6 Å². The summed E-state index contributed by atoms with van der Waals surface area (Å²) < 4.78 is 29.3. The lowest BCUT2D eigenvalue weighted by Gasteiger charge is -2.27. The van der Waals surface area contributed by atoms with E-state index in [9.17, 15) is 13.6 Å². The van der Waals surface area contributed by atoms with Gasteiger partial charge in [0.2, 0.25) is 5.91 Å². The number of halogens is 2. The number of hydrogen-bond donors (Lipinski definition) is 1. The molecule has 2 heterocycles. The van der Waals surface area contributed by atoms with E-state index in [-0.39, 0.29) is 35.9 Å². The Hall–Kier alpha value is -3.02. The van der Waals surface area contributed by atoms with Gasteiger partial charge < -0.3 is 9.88 Å². The number of carbonyl (C=O) groups excluding carboxylic acids is 1. The zero-order valence-corrected chi connectivity index (χ0v) is 16.2. The number of benzene rings is 2. The maximum Gasteiger partial charge on any atom is 0.225 e. The second-order valence-corrected chi connectivity index (χ2v) is 7.58. The molecule has 1 aliphatic rings. The molecule has 0 spiro atoms. The van der Waals surface area contributed by atoms with Gasteiger partial charge in [-0.25, -0.2) is 13.8 Å². The van der Waals surface area contributed by atoms with Crippen LogP contribution in [-0.4, -0.2) is 15.5 Å². The minimum atomic E-state index is -0.361. The molecule has 0 aliphatic carbocycles. The first-order valence-corrected chi connectivity index (χ1v) is 9.88. The van der Waals surface area contributed by atoms with Gasteiger partial charge in [0, 0.05) is 42.4 Å². The van der Waals surface area contributed by atoms with Crippen LogP contribution in [0.25, 0.3) is 0 Å². The molecule has 4 nitrogen and oxygen atoms in total. The van der Waals surface area contributed by atoms with Gasteiger partial charge in [0.15, 0.2) is 0 Å². The van der Waals surface area contributed by atoms with Crippen molar-refractivity contribution in [3.05, 3.63) is 83.4 Å². The number of aromatic nitrogens is 2. The van der Waals surface area contributed by atoms with Crippen molar-refractivity contribution in [3.63, 3.8) is 0 Å². The van der Waals surface area contributed by atoms with Crippen molar-refractivity contribution in [2.75, 3.05) is 5.32 Å². The average Bonchev–Trinajstić information content (AvgIpc) is 3.13. The molecule has 150 valence electrons. The molecule has 0 radical (unpaired) electrons. The van der Waals surface area contributed by atoms with E-state index in [1.807, 2.05) is 12.3 Å². The second kappa shape index (κ2) is 8.15. The van der Waals surface area contributed by atoms with Crippen LogP contribution >= 0.6 is 0 Å². The Morgan fingerprint density at radius 2 is 2.00 bits per heavy atom. The molecule has 2 aromatic carbocycles. The summed E-state index contributed by atoms with van der Waals surface area (Å²) in [6, 6.07) is 12.3. The van der Waals surface area contributed by atoms with E-state index in [2.05, 4.69) is 21.8 Å². The van der Waals surface area contributed by atoms with Crippen molar-refractivity contribution in [2.45, 2.75) is 44.6 Å². The molecule has 2 unspecified atom stereocenters. The van der Waals surface area contributed by atoms with Crippen LogP contribution < -0.4 is 5.32 Å². The van der Waals surface area contributed by atoms with Crippen LogP contribution in [0.4, 0.5) is 14.5 Å². The van der Waals surface area contributed by atoms with Crippen LogP contribution in [0.2, 0.25) is 0 Å². The van der Waals surface area contributed by atoms with E-state index in [1.165, 1.54) is 36.4 Å². The van der Waals surface area contributed by atoms with Gasteiger partial charge >= 0.3 is 0 Å². The topological polar surface area (TPSA) is 46.9 Å². The Labute approximate surface area is 168 Å². The van der Waals surface area contributed by atoms with E-state index < -0.39 is 0 Å². The largest absolute Gasteiger partial charge is 0.329 e. The molecule has 0 saturated carbocycles. The highest BCUT2D eigenvalue weighted by Gasteiger charge is 2.27. The van der Waals surface area contributed by atoms with Crippen molar-refractivity contribution < 1.29 is 13.6 Å². The highest BCUT2D eigenvalue weighted by Crippen LogP contribution is 2.35. The predicted octanol–water partition coefficient (Wildman–Crippen LogP) is 5.22. The van der Waals surface area contributed by atoms with Crippen LogP contribution in [0.5, 0.6) is 0 Å². The number of imidazole rings is 1. The first-order valence-electron chi connectivity index (χ1n) is 9.88. The molecule has 1 N–H and O–H groups in total. The molecule has 0 fully saturated rings. The number of nitrogens with zero attached hydrogens (tertiary/aromatic N) is 2. The second-order valence-electron chi connectivity index (χ2n) is 7.58. The molecule has 0 saturated heterocycles. The van der Waals surface area contributed by atoms with Gasteiger partial charge in [-0.2, -0.15) is 0 Å². The van der Waals surface area contributed by atoms with Gasteiger partial charge in [0.25, 0.3) is 0 Å². The number of hydrogen-bond acceptors (Lipinski definition) is 2. The highest BCUT2D eigenvalue weighted by atomic mass is 19.1. The Balaban J connectivity index is 1.65. The van der Waals surface area contributed by atoms with Crippen molar-refractivity contribution in [2.24, 2.45) is 0 Å². The van der Waals surface area contributed by atoms with Crippen LogP contribution in [-0.2, 0) is 11.2 Å². The predicted molar refractivity (Wildman–Crippen MR) is 108 cm³/mol. The number of aryl methyl sites for hydroxylation is 1. The van der Waals surface area contributed by atoms with Gasteiger partial charge in [-0.05, 0) is 61.7 Å². The molecule has 4 rings (SSSR count). The lowest BCUT2D eigenvalue weighted by Crippen LogP contribution is -2.22. The summed E-state index contributed by atoms with van der Waals surface area (Å²) >= 11 is 0. The van der Waals surface area contributed by atoms with Gasteiger partial charge in [0.1, 0.15) is 17.5 Å². The minimum Gasteiger partial charge on any atom is -0.329 e. The Morgan fingerprint density at radius 1 is 1.21 bits per heavy atom. The normalized spacial score (nSPS) is 16.9. The highest BCUT2D eigenvalue weighted by molar-refractivity contribution is 5.91. The summed E-state index contributed by atoms with van der Waals surface area (Å²) in [6.45, 7) is 2.15. The summed E-state index contributed by atoms with van der Waals surface area (Å²) in [7, 11) is 0. The number of anilines is 1. The zero-order chi connectivity index (χ0) is 20.4. The van der Waals surface area contributed by atoms with Crippen LogP contribution in [0.1, 0.15) is 55.2 Å². The van der Waals surface area contributed by atoms with Crippen molar-refractivity contribution in [1.29, 1.82) is 0 Å². The molecule has 3 aromatic rings. The summed E-state index contributed by atoms with van der Waals surface area (Å²) in [5.41, 5.74) is 2.19. The minimum absolute atomic E-state index is 0.138. The third-order valence-electron chi connectivity index (χ3n) is 5.49. The fourth-order valence-electron chi connectivity index (χ4n) is 4.10. The number of amides is 1. The Bertz CT molecular complexity index is 1010. The van der Waals surface area contributed by atoms with Crippen molar-refractivity contribution in [3.8, 4) is 0 Å². The number of carbonyl (C=O) groups is 1. The molecular weight excluding hydrogens is 372 g/mol. The van der Waals surface area contributed by atoms with Gasteiger partial charge in [-0.3, -0.25) is 4.79 Å². The molecule has 6 heteroatoms. The van der Waals surface area contributed by atoms with E-state index in [1.54, 1.807) is 6.07 Å². The standard InChI is InChI=1S/C23H23F2N3O/c1-15-4-2-7-22-26-14-21(28(15)22)20(16-5-3-6-18(25)12-16)13-23(29)27-19-10-8-17(24)9-11-19/h3,5-6,8-12,14-15,20H,2,4,7,13H2,1H3,(H,27,29). The summed E-state index contributed by atoms with van der Waals surface area (Å²) in [5, 5.41) is 2.81. The fraction of sp³-hybridized carbons (Fsp3) is 0.304. The SMILES string of the molecule is CC1CCCc2ncc(C(CC(=O)Nc3ccc(F)cc3)c3cccc(F)c3)n21. The van der Waals surface area contributed by atoms with E-state index in [4.69, 9.17) is 0 Å². The monoisotopic (exact) mass is 395 g/mol. The lowest BCUT2D eigenvalue weighted by molar-refractivity contribution is -0.116. The van der Waals surface area contributed by atoms with E-state index in [0.717, 1.165) is 36.3 Å². The van der Waals surface area contributed by atoms with Crippen LogP contribution in [0.3, 0.4) is 0 Å². The lowest BCUT2D eigenvalue weighted by atomic mass is 9.91. The number of rotatable bonds is 5. The average molecular weight is 395 g/mol. The molecule has 0 bridgehead atoms. The Kier molecular flexibility index (Phi) is 5.43. The third-order valence-corrected chi connectivity index (χ3v) is 5.49. The molecule has 1 amide bonds. The quantitative estimate of drug-likeness (QED) is 0.644. The Morgan fingerprint density at radius 3 is 2.76 bits per heavy atom. The first kappa shape index (κ1) is 19.3. The van der Waals surface area contributed by atoms with Crippen LogP contribution in [0.15, 0.2) is 54.7 Å². The number of fused-ring (bicyclic) bond motifs is 1. The van der Waals surface area contributed by atoms with Crippen molar-refractivity contribution >= 4 is 11.6 Å². The number of nitrogens with one attached hydrogen (secondary N) is 1. The maximum absolute atomic E-state index is 13.9. The maximum atomic E-state index is 13.9. The third kappa shape index (κ3) is 4.21. The van der Waals surface area contributed by atoms with Gasteiger partial charge in [-0.1, -0.05) is 12.1 Å². The summed E-state index contributed by atoms with van der Waals surface area (Å²) in [6.07, 6.45) is 5.00. The fourth-order valence-corrected chi connectivity index (χ4v) is 4.10. The summed E-state index contributed by atoms with van der Waals surface area (Å²) in [4.78, 5) is 17.4. The smallest absolute Gasteiger partial charge is 0.225 e. The molecule has 29 heavy (non-hydrogen) atoms. The zero-order valence-electron chi connectivity index (χ0n) is 16.2. The molecule has 1 aliphatic heterocycles.